The van der Waals surface area contributed by atoms with Gasteiger partial charge in [0.15, 0.2) is 11.5 Å². The molecule has 1 unspecified atom stereocenters. The van der Waals surface area contributed by atoms with Crippen LogP contribution in [-0.2, 0) is 4.74 Å². The third-order valence-electron chi connectivity index (χ3n) is 3.64. The van der Waals surface area contributed by atoms with Crippen molar-refractivity contribution in [2.75, 3.05) is 12.3 Å². The van der Waals surface area contributed by atoms with Crippen molar-refractivity contribution in [2.24, 2.45) is 5.11 Å². The Bertz CT molecular complexity index is 774. The van der Waals surface area contributed by atoms with Gasteiger partial charge in [0.2, 0.25) is 0 Å². The molecule has 1 aliphatic heterocycles. The molecule has 11 heteroatoms. The van der Waals surface area contributed by atoms with E-state index in [1.54, 1.807) is 4.52 Å². The van der Waals surface area contributed by atoms with Crippen LogP contribution in [0.2, 0.25) is 0 Å². The standard InChI is InChI=1S/C11H12IN7O3/c12-5-1-6(19-9(5)10(13)15-4-16-19)7-2-8(21)11(3-20,22-7)17-18-14/h1,4,7-8,20-21H,2-3H2,(H2,13,15,16)/t7-,8+,11?/m1/s1. The first-order valence-electron chi connectivity index (χ1n) is 6.33. The van der Waals surface area contributed by atoms with Gasteiger partial charge in [-0.3, -0.25) is 0 Å². The Kier molecular flexibility index (Phi) is 3.82. The molecule has 3 atom stereocenters. The van der Waals surface area contributed by atoms with E-state index >= 15 is 0 Å². The molecule has 10 nitrogen and oxygen atoms in total. The van der Waals surface area contributed by atoms with Crippen molar-refractivity contribution in [2.45, 2.75) is 24.4 Å². The van der Waals surface area contributed by atoms with E-state index in [1.807, 2.05) is 6.07 Å². The van der Waals surface area contributed by atoms with Crippen molar-refractivity contribution in [3.63, 3.8) is 0 Å². The van der Waals surface area contributed by atoms with Gasteiger partial charge in [-0.05, 0) is 34.2 Å². The molecule has 2 aromatic heterocycles. The Balaban J connectivity index is 2.07. The number of hydrogen-bond donors (Lipinski definition) is 3. The average molecular weight is 417 g/mol. The van der Waals surface area contributed by atoms with Gasteiger partial charge in [-0.25, -0.2) is 9.50 Å². The van der Waals surface area contributed by atoms with Crippen molar-refractivity contribution in [1.82, 2.24) is 14.6 Å². The molecule has 0 bridgehead atoms. The Morgan fingerprint density at radius 1 is 1.68 bits per heavy atom. The summed E-state index contributed by atoms with van der Waals surface area (Å²) in [5.74, 6) is 0.327. The maximum atomic E-state index is 10.1. The molecule has 0 radical (unpaired) electrons. The molecular formula is C11H12IN7O3. The molecule has 1 saturated heterocycles. The molecule has 0 aromatic carbocycles. The topological polar surface area (TPSA) is 155 Å². The van der Waals surface area contributed by atoms with E-state index in [-0.39, 0.29) is 6.42 Å². The quantitative estimate of drug-likeness (QED) is 0.290. The predicted octanol–water partition coefficient (Wildman–Crippen LogP) is 0.737. The molecule has 1 fully saturated rings. The highest BCUT2D eigenvalue weighted by Crippen LogP contribution is 2.41. The summed E-state index contributed by atoms with van der Waals surface area (Å²) in [6.45, 7) is -0.619. The van der Waals surface area contributed by atoms with Gasteiger partial charge in [0.1, 0.15) is 17.9 Å². The van der Waals surface area contributed by atoms with Crippen LogP contribution < -0.4 is 5.73 Å². The van der Waals surface area contributed by atoms with Crippen LogP contribution in [0, 0.1) is 3.57 Å². The molecule has 1 aliphatic rings. The molecule has 3 heterocycles. The summed E-state index contributed by atoms with van der Waals surface area (Å²) in [5.41, 5.74) is 14.1. The minimum Gasteiger partial charge on any atom is -0.393 e. The second-order valence-electron chi connectivity index (χ2n) is 4.87. The van der Waals surface area contributed by atoms with Crippen molar-refractivity contribution in [3.8, 4) is 0 Å². The summed E-state index contributed by atoms with van der Waals surface area (Å²) in [6.07, 6.45) is -0.245. The number of aliphatic hydroxyl groups is 2. The lowest BCUT2D eigenvalue weighted by molar-refractivity contribution is -0.108. The fourth-order valence-corrected chi connectivity index (χ4v) is 3.38. The number of rotatable bonds is 3. The van der Waals surface area contributed by atoms with E-state index in [0.717, 1.165) is 3.57 Å². The second kappa shape index (κ2) is 5.52. The number of nitrogens with zero attached hydrogens (tertiary/aromatic N) is 6. The number of nitrogen functional groups attached to an aromatic ring is 1. The van der Waals surface area contributed by atoms with Crippen molar-refractivity contribution in [3.05, 3.63) is 32.1 Å². The van der Waals surface area contributed by atoms with Crippen LogP contribution in [0.3, 0.4) is 0 Å². The van der Waals surface area contributed by atoms with Crippen molar-refractivity contribution < 1.29 is 14.9 Å². The first-order valence-corrected chi connectivity index (χ1v) is 7.41. The van der Waals surface area contributed by atoms with E-state index < -0.39 is 24.5 Å². The first-order chi connectivity index (χ1) is 10.5. The second-order valence-corrected chi connectivity index (χ2v) is 6.04. The van der Waals surface area contributed by atoms with Gasteiger partial charge in [-0.15, -0.1) is 0 Å². The summed E-state index contributed by atoms with van der Waals surface area (Å²) in [7, 11) is 0. The fraction of sp³-hybridized carbons (Fsp3) is 0.455. The number of aliphatic hydroxyl groups excluding tert-OH is 2. The van der Waals surface area contributed by atoms with E-state index in [1.165, 1.54) is 6.33 Å². The first kappa shape index (κ1) is 15.2. The molecule has 2 aromatic rings. The number of azide groups is 1. The Morgan fingerprint density at radius 2 is 2.45 bits per heavy atom. The third kappa shape index (κ3) is 2.18. The lowest BCUT2D eigenvalue weighted by atomic mass is 10.1. The number of aromatic nitrogens is 3. The maximum absolute atomic E-state index is 10.1. The maximum Gasteiger partial charge on any atom is 0.196 e. The molecule has 0 saturated carbocycles. The SMILES string of the molecule is [N-]=[N+]=NC1(CO)O[C@@H](c2cc(I)c3c(N)ncnn23)C[C@@H]1O. The van der Waals surface area contributed by atoms with Crippen LogP contribution >= 0.6 is 22.6 Å². The predicted molar refractivity (Wildman–Crippen MR) is 83.5 cm³/mol. The molecule has 22 heavy (non-hydrogen) atoms. The summed E-state index contributed by atoms with van der Waals surface area (Å²) >= 11 is 2.10. The number of hydrogen-bond acceptors (Lipinski definition) is 7. The number of fused-ring (bicyclic) bond motifs is 1. The van der Waals surface area contributed by atoms with Crippen LogP contribution in [0.4, 0.5) is 5.82 Å². The van der Waals surface area contributed by atoms with Gasteiger partial charge >= 0.3 is 0 Å². The molecule has 3 rings (SSSR count). The number of anilines is 1. The fourth-order valence-electron chi connectivity index (χ4n) is 2.56. The van der Waals surface area contributed by atoms with E-state index in [2.05, 4.69) is 42.7 Å². The highest BCUT2D eigenvalue weighted by Gasteiger charge is 2.48. The van der Waals surface area contributed by atoms with Crippen LogP contribution in [0.25, 0.3) is 16.0 Å². The van der Waals surface area contributed by atoms with Gasteiger partial charge in [0.05, 0.1) is 18.4 Å². The van der Waals surface area contributed by atoms with E-state index in [9.17, 15) is 10.2 Å². The highest BCUT2D eigenvalue weighted by atomic mass is 127. The summed E-state index contributed by atoms with van der Waals surface area (Å²) < 4.78 is 8.05. The zero-order chi connectivity index (χ0) is 15.9. The van der Waals surface area contributed by atoms with Crippen LogP contribution in [0.1, 0.15) is 18.2 Å². The van der Waals surface area contributed by atoms with Gasteiger partial charge in [0, 0.05) is 14.9 Å². The minimum absolute atomic E-state index is 0.158. The lowest BCUT2D eigenvalue weighted by Crippen LogP contribution is -2.40. The Labute approximate surface area is 137 Å². The number of halogens is 1. The van der Waals surface area contributed by atoms with Gasteiger partial charge in [-0.1, -0.05) is 5.11 Å². The molecule has 0 aliphatic carbocycles. The average Bonchev–Trinajstić information content (AvgIpc) is 2.99. The largest absolute Gasteiger partial charge is 0.393 e. The van der Waals surface area contributed by atoms with Crippen LogP contribution in [-0.4, -0.2) is 43.2 Å². The zero-order valence-electron chi connectivity index (χ0n) is 11.2. The number of nitrogens with two attached hydrogens (primary N) is 1. The van der Waals surface area contributed by atoms with E-state index in [4.69, 9.17) is 16.0 Å². The molecule has 4 N–H and O–H groups in total. The summed E-state index contributed by atoms with van der Waals surface area (Å²) in [4.78, 5) is 6.59. The number of ether oxygens (including phenoxy) is 1. The Morgan fingerprint density at radius 3 is 3.14 bits per heavy atom. The molecule has 116 valence electrons. The van der Waals surface area contributed by atoms with Gasteiger partial charge < -0.3 is 20.7 Å². The third-order valence-corrected chi connectivity index (χ3v) is 4.46. The monoisotopic (exact) mass is 417 g/mol. The Hall–Kier alpha value is -1.66. The van der Waals surface area contributed by atoms with E-state index in [0.29, 0.717) is 17.0 Å². The smallest absolute Gasteiger partial charge is 0.196 e. The zero-order valence-corrected chi connectivity index (χ0v) is 13.3. The summed E-state index contributed by atoms with van der Waals surface area (Å²) in [6, 6.07) is 1.81. The van der Waals surface area contributed by atoms with Crippen LogP contribution in [0.5, 0.6) is 0 Å². The molecule has 0 spiro atoms. The van der Waals surface area contributed by atoms with Crippen LogP contribution in [0.15, 0.2) is 17.5 Å². The van der Waals surface area contributed by atoms with Crippen molar-refractivity contribution in [1.29, 1.82) is 0 Å². The molecular weight excluding hydrogens is 405 g/mol. The normalized spacial score (nSPS) is 28.0. The van der Waals surface area contributed by atoms with Gasteiger partial charge in [0.25, 0.3) is 0 Å². The van der Waals surface area contributed by atoms with Crippen molar-refractivity contribution >= 4 is 33.9 Å². The van der Waals surface area contributed by atoms with Gasteiger partial charge in [-0.2, -0.15) is 5.10 Å². The highest BCUT2D eigenvalue weighted by molar-refractivity contribution is 14.1. The minimum atomic E-state index is -1.69. The lowest BCUT2D eigenvalue weighted by Gasteiger charge is -2.23. The summed E-state index contributed by atoms with van der Waals surface area (Å²) in [5, 5.41) is 27.1. The molecule has 0 amide bonds.